The monoisotopic (exact) mass is 344 g/mol. The minimum atomic E-state index is -0.888. The lowest BCUT2D eigenvalue weighted by Crippen LogP contribution is -2.49. The molecule has 126 valence electrons. The van der Waals surface area contributed by atoms with E-state index >= 15 is 0 Å². The first-order valence-electron chi connectivity index (χ1n) is 7.56. The Morgan fingerprint density at radius 1 is 1.42 bits per heavy atom. The molecule has 0 bridgehead atoms. The van der Waals surface area contributed by atoms with Crippen LogP contribution in [0.2, 0.25) is 0 Å². The summed E-state index contributed by atoms with van der Waals surface area (Å²) in [7, 11) is 0. The van der Waals surface area contributed by atoms with Crippen LogP contribution in [-0.2, 0) is 4.79 Å². The smallest absolute Gasteiger partial charge is 0.231 e. The molecule has 1 aromatic heterocycles. The fourth-order valence-corrected chi connectivity index (χ4v) is 2.56. The van der Waals surface area contributed by atoms with Gasteiger partial charge in [0.15, 0.2) is 0 Å². The van der Waals surface area contributed by atoms with Crippen molar-refractivity contribution in [2.45, 2.75) is 38.4 Å². The normalized spacial score (nSPS) is 13.3. The average Bonchev–Trinajstić information content (AvgIpc) is 3.02. The van der Waals surface area contributed by atoms with Crippen molar-refractivity contribution in [1.82, 2.24) is 25.5 Å². The second-order valence-corrected chi connectivity index (χ2v) is 6.96. The molecule has 0 unspecified atom stereocenters. The van der Waals surface area contributed by atoms with Crippen LogP contribution in [0, 0.1) is 24.2 Å². The molecule has 0 aliphatic carbocycles. The highest BCUT2D eigenvalue weighted by Gasteiger charge is 2.30. The highest BCUT2D eigenvalue weighted by atomic mass is 32.2. The number of benzene rings is 1. The standard InChI is InChI=1S/C16H20N6OS/c1-11(2)16(4,10-17)18-14(23)9-24-15-19-20-21-22(15)13-7-5-12(3)6-8-13/h5-8,11H,9H2,1-4H3,(H,18,23)/t16-/m0/s1. The van der Waals surface area contributed by atoms with Gasteiger partial charge in [-0.25, -0.2) is 0 Å². The Morgan fingerprint density at radius 2 is 2.08 bits per heavy atom. The SMILES string of the molecule is Cc1ccc(-n2nnnc2SCC(=O)N[C@@](C)(C#N)C(C)C)cc1. The van der Waals surface area contributed by atoms with E-state index in [1.807, 2.05) is 45.0 Å². The van der Waals surface area contributed by atoms with Crippen LogP contribution in [0.3, 0.4) is 0 Å². The summed E-state index contributed by atoms with van der Waals surface area (Å²) in [6.07, 6.45) is 0. The highest BCUT2D eigenvalue weighted by Crippen LogP contribution is 2.20. The predicted octanol–water partition coefficient (Wildman–Crippen LogP) is 2.12. The van der Waals surface area contributed by atoms with Gasteiger partial charge in [0.2, 0.25) is 11.1 Å². The van der Waals surface area contributed by atoms with Gasteiger partial charge in [0.05, 0.1) is 17.5 Å². The number of thioether (sulfide) groups is 1. The molecule has 0 aliphatic heterocycles. The zero-order chi connectivity index (χ0) is 17.7. The predicted molar refractivity (Wildman–Crippen MR) is 91.6 cm³/mol. The van der Waals surface area contributed by atoms with Crippen LogP contribution in [0.4, 0.5) is 0 Å². The maximum absolute atomic E-state index is 12.1. The minimum absolute atomic E-state index is 0.00864. The van der Waals surface area contributed by atoms with Gasteiger partial charge >= 0.3 is 0 Å². The van der Waals surface area contributed by atoms with E-state index in [1.165, 1.54) is 11.8 Å². The molecule has 0 aliphatic rings. The molecule has 7 nitrogen and oxygen atoms in total. The van der Waals surface area contributed by atoms with Crippen LogP contribution in [0.15, 0.2) is 29.4 Å². The van der Waals surface area contributed by atoms with Crippen LogP contribution in [-0.4, -0.2) is 37.4 Å². The Bertz CT molecular complexity index is 749. The van der Waals surface area contributed by atoms with Crippen molar-refractivity contribution < 1.29 is 4.79 Å². The number of tetrazole rings is 1. The molecule has 24 heavy (non-hydrogen) atoms. The lowest BCUT2D eigenvalue weighted by molar-refractivity contribution is -0.120. The number of nitrogens with zero attached hydrogens (tertiary/aromatic N) is 5. The van der Waals surface area contributed by atoms with E-state index in [0.29, 0.717) is 5.16 Å². The summed E-state index contributed by atoms with van der Waals surface area (Å²) in [5.41, 5.74) is 1.09. The number of aryl methyl sites for hydroxylation is 1. The van der Waals surface area contributed by atoms with Gasteiger partial charge in [-0.05, 0) is 42.3 Å². The Kier molecular flexibility index (Phi) is 5.57. The second-order valence-electron chi connectivity index (χ2n) is 6.01. The number of nitrogens with one attached hydrogen (secondary N) is 1. The van der Waals surface area contributed by atoms with Crippen LogP contribution < -0.4 is 5.32 Å². The number of hydrogen-bond donors (Lipinski definition) is 1. The number of carbonyl (C=O) groups excluding carboxylic acids is 1. The van der Waals surface area contributed by atoms with Gasteiger partial charge in [-0.2, -0.15) is 9.94 Å². The molecular weight excluding hydrogens is 324 g/mol. The third-order valence-corrected chi connectivity index (χ3v) is 4.76. The van der Waals surface area contributed by atoms with Gasteiger partial charge in [-0.1, -0.05) is 43.3 Å². The lowest BCUT2D eigenvalue weighted by Gasteiger charge is -2.27. The van der Waals surface area contributed by atoms with E-state index < -0.39 is 5.54 Å². The summed E-state index contributed by atoms with van der Waals surface area (Å²) in [5, 5.41) is 24.2. The molecule has 0 radical (unpaired) electrons. The van der Waals surface area contributed by atoms with Gasteiger partial charge in [0, 0.05) is 0 Å². The number of rotatable bonds is 6. The quantitative estimate of drug-likeness (QED) is 0.806. The summed E-state index contributed by atoms with van der Waals surface area (Å²) in [5.74, 6) is -0.0820. The fourth-order valence-electron chi connectivity index (χ4n) is 1.87. The number of aromatic nitrogens is 4. The molecule has 0 fully saturated rings. The van der Waals surface area contributed by atoms with Gasteiger partial charge < -0.3 is 5.32 Å². The van der Waals surface area contributed by atoms with Gasteiger partial charge in [-0.3, -0.25) is 4.79 Å². The van der Waals surface area contributed by atoms with Crippen molar-refractivity contribution in [3.8, 4) is 11.8 Å². The van der Waals surface area contributed by atoms with Crippen LogP contribution in [0.1, 0.15) is 26.3 Å². The third-order valence-electron chi connectivity index (χ3n) is 3.84. The molecule has 2 rings (SSSR count). The Hall–Kier alpha value is -2.40. The van der Waals surface area contributed by atoms with Crippen LogP contribution >= 0.6 is 11.8 Å². The van der Waals surface area contributed by atoms with E-state index in [9.17, 15) is 10.1 Å². The number of nitriles is 1. The average molecular weight is 344 g/mol. The van der Waals surface area contributed by atoms with Crippen LogP contribution in [0.5, 0.6) is 0 Å². The van der Waals surface area contributed by atoms with Crippen LogP contribution in [0.25, 0.3) is 5.69 Å². The molecule has 0 saturated heterocycles. The maximum Gasteiger partial charge on any atom is 0.231 e. The summed E-state index contributed by atoms with van der Waals surface area (Å²) in [6.45, 7) is 7.52. The Labute approximate surface area is 145 Å². The molecule has 2 aromatic rings. The van der Waals surface area contributed by atoms with E-state index in [0.717, 1.165) is 11.3 Å². The summed E-state index contributed by atoms with van der Waals surface area (Å²) < 4.78 is 1.59. The van der Waals surface area contributed by atoms with Gasteiger partial charge in [0.1, 0.15) is 5.54 Å². The topological polar surface area (TPSA) is 96.5 Å². The molecule has 1 atom stereocenters. The van der Waals surface area contributed by atoms with E-state index in [2.05, 4.69) is 26.9 Å². The lowest BCUT2D eigenvalue weighted by atomic mass is 9.90. The molecule has 8 heteroatoms. The number of hydrogen-bond acceptors (Lipinski definition) is 6. The first-order chi connectivity index (χ1) is 11.4. The molecular formula is C16H20N6OS. The van der Waals surface area contributed by atoms with E-state index in [4.69, 9.17) is 0 Å². The summed E-state index contributed by atoms with van der Waals surface area (Å²) in [4.78, 5) is 12.1. The Morgan fingerprint density at radius 3 is 2.67 bits per heavy atom. The number of carbonyl (C=O) groups is 1. The third kappa shape index (κ3) is 4.11. The van der Waals surface area contributed by atoms with Crippen molar-refractivity contribution in [1.29, 1.82) is 5.26 Å². The van der Waals surface area contributed by atoms with Gasteiger partial charge in [0.25, 0.3) is 0 Å². The molecule has 1 aromatic carbocycles. The van der Waals surface area contributed by atoms with E-state index in [1.54, 1.807) is 11.6 Å². The van der Waals surface area contributed by atoms with Crippen molar-refractivity contribution >= 4 is 17.7 Å². The number of amides is 1. The summed E-state index contributed by atoms with van der Waals surface area (Å²) >= 11 is 1.23. The first kappa shape index (κ1) is 17.9. The van der Waals surface area contributed by atoms with Crippen molar-refractivity contribution in [3.05, 3.63) is 29.8 Å². The molecule has 1 amide bonds. The maximum atomic E-state index is 12.1. The molecule has 1 N–H and O–H groups in total. The highest BCUT2D eigenvalue weighted by molar-refractivity contribution is 7.99. The largest absolute Gasteiger partial charge is 0.337 e. The van der Waals surface area contributed by atoms with Crippen molar-refractivity contribution in [2.24, 2.45) is 5.92 Å². The van der Waals surface area contributed by atoms with E-state index in [-0.39, 0.29) is 17.6 Å². The minimum Gasteiger partial charge on any atom is -0.337 e. The Balaban J connectivity index is 2.03. The molecule has 0 spiro atoms. The molecule has 1 heterocycles. The van der Waals surface area contributed by atoms with Gasteiger partial charge in [-0.15, -0.1) is 5.10 Å². The fraction of sp³-hybridized carbons (Fsp3) is 0.438. The summed E-state index contributed by atoms with van der Waals surface area (Å²) in [6, 6.07) is 9.94. The second kappa shape index (κ2) is 7.45. The van der Waals surface area contributed by atoms with Crippen molar-refractivity contribution in [2.75, 3.05) is 5.75 Å². The molecule has 0 saturated carbocycles. The zero-order valence-electron chi connectivity index (χ0n) is 14.1. The zero-order valence-corrected chi connectivity index (χ0v) is 15.0. The van der Waals surface area contributed by atoms with Crippen molar-refractivity contribution in [3.63, 3.8) is 0 Å². The first-order valence-corrected chi connectivity index (χ1v) is 8.55.